The number of β-amino-alcohol motifs (C(OH)–C–C–N with tert-alkyl or cyclic N) is 1. The van der Waals surface area contributed by atoms with Crippen LogP contribution < -0.4 is 0 Å². The van der Waals surface area contributed by atoms with Crippen molar-refractivity contribution in [2.75, 3.05) is 20.1 Å². The Hall–Kier alpha value is -2.57. The van der Waals surface area contributed by atoms with Gasteiger partial charge in [-0.3, -0.25) is 24.4 Å². The maximum atomic E-state index is 12.4. The number of amides is 2. The highest BCUT2D eigenvalue weighted by Gasteiger charge is 2.36. The Bertz CT molecular complexity index is 743. The summed E-state index contributed by atoms with van der Waals surface area (Å²) >= 11 is 0. The van der Waals surface area contributed by atoms with Crippen LogP contribution in [0.25, 0.3) is 0 Å². The molecular weight excluding hydrogens is 318 g/mol. The van der Waals surface area contributed by atoms with Crippen LogP contribution in [0.2, 0.25) is 0 Å². The van der Waals surface area contributed by atoms with E-state index in [1.165, 1.54) is 0 Å². The number of likely N-dealkylation sites (N-methyl/N-ethyl adjacent to an activating group) is 1. The Balaban J connectivity index is 1.62. The summed E-state index contributed by atoms with van der Waals surface area (Å²) in [7, 11) is 1.89. The number of carbonyl (C=O) groups excluding carboxylic acids is 2. The van der Waals surface area contributed by atoms with E-state index in [1.54, 1.807) is 36.7 Å². The molecule has 130 valence electrons. The summed E-state index contributed by atoms with van der Waals surface area (Å²) < 4.78 is 0. The molecule has 1 aromatic heterocycles. The minimum Gasteiger partial charge on any atom is -0.390 e. The molecule has 0 spiro atoms. The van der Waals surface area contributed by atoms with Crippen LogP contribution in [0.5, 0.6) is 0 Å². The lowest BCUT2D eigenvalue weighted by atomic mass is 10.1. The summed E-state index contributed by atoms with van der Waals surface area (Å²) in [6.07, 6.45) is 2.68. The average Bonchev–Trinajstić information content (AvgIpc) is 2.87. The fourth-order valence-corrected chi connectivity index (χ4v) is 3.04. The number of aliphatic hydroxyl groups excluding tert-OH is 1. The second-order valence-corrected chi connectivity index (χ2v) is 6.32. The normalized spacial score (nSPS) is 16.2. The molecule has 3 rings (SSSR count). The van der Waals surface area contributed by atoms with E-state index in [4.69, 9.17) is 0 Å². The number of carbonyl (C=O) groups is 2. The first-order valence-corrected chi connectivity index (χ1v) is 8.22. The lowest BCUT2D eigenvalue weighted by molar-refractivity contribution is 0.0466. The van der Waals surface area contributed by atoms with Gasteiger partial charge in [0, 0.05) is 25.0 Å². The van der Waals surface area contributed by atoms with Crippen LogP contribution in [0.15, 0.2) is 48.8 Å². The molecule has 0 unspecified atom stereocenters. The lowest BCUT2D eigenvalue weighted by Crippen LogP contribution is -2.42. The minimum absolute atomic E-state index is 0.0174. The van der Waals surface area contributed by atoms with Gasteiger partial charge in [0.25, 0.3) is 11.8 Å². The number of hydrogen-bond acceptors (Lipinski definition) is 5. The van der Waals surface area contributed by atoms with Crippen LogP contribution in [0.1, 0.15) is 39.2 Å². The number of pyridine rings is 1. The zero-order chi connectivity index (χ0) is 18.0. The number of aromatic nitrogens is 1. The molecule has 6 nitrogen and oxygen atoms in total. The first-order valence-electron chi connectivity index (χ1n) is 8.22. The van der Waals surface area contributed by atoms with E-state index in [2.05, 4.69) is 4.98 Å². The van der Waals surface area contributed by atoms with Crippen LogP contribution in [0.3, 0.4) is 0 Å². The average molecular weight is 339 g/mol. The third-order valence-electron chi connectivity index (χ3n) is 4.60. The molecule has 1 N–H and O–H groups in total. The molecule has 1 aromatic carbocycles. The van der Waals surface area contributed by atoms with Crippen molar-refractivity contribution in [1.29, 1.82) is 0 Å². The number of hydrogen-bond donors (Lipinski definition) is 1. The number of imide groups is 1. The van der Waals surface area contributed by atoms with E-state index in [0.29, 0.717) is 17.7 Å². The number of benzene rings is 1. The predicted molar refractivity (Wildman–Crippen MR) is 93.1 cm³/mol. The van der Waals surface area contributed by atoms with Crippen LogP contribution in [-0.2, 0) is 0 Å². The zero-order valence-electron chi connectivity index (χ0n) is 14.3. The SMILES string of the molecule is C[C@H](c1cccnc1)N(C)C[C@@H](O)CN1C(=O)c2ccccc2C1=O. The van der Waals surface area contributed by atoms with Crippen molar-refractivity contribution >= 4 is 11.8 Å². The first kappa shape index (κ1) is 17.3. The van der Waals surface area contributed by atoms with Gasteiger partial charge in [0.2, 0.25) is 0 Å². The van der Waals surface area contributed by atoms with Crippen LogP contribution >= 0.6 is 0 Å². The van der Waals surface area contributed by atoms with Gasteiger partial charge in [0.15, 0.2) is 0 Å². The molecule has 0 saturated carbocycles. The van der Waals surface area contributed by atoms with E-state index in [9.17, 15) is 14.7 Å². The number of aliphatic hydroxyl groups is 1. The van der Waals surface area contributed by atoms with E-state index in [1.807, 2.05) is 31.0 Å². The van der Waals surface area contributed by atoms with Gasteiger partial charge in [-0.25, -0.2) is 0 Å². The summed E-state index contributed by atoms with van der Waals surface area (Å²) in [4.78, 5) is 31.9. The Morgan fingerprint density at radius 1 is 1.12 bits per heavy atom. The van der Waals surface area contributed by atoms with Gasteiger partial charge in [-0.2, -0.15) is 0 Å². The van der Waals surface area contributed by atoms with E-state index in [0.717, 1.165) is 10.5 Å². The van der Waals surface area contributed by atoms with Gasteiger partial charge >= 0.3 is 0 Å². The molecule has 2 atom stereocenters. The Kier molecular flexibility index (Phi) is 4.92. The third kappa shape index (κ3) is 3.45. The molecule has 0 bridgehead atoms. The molecule has 0 saturated heterocycles. The van der Waals surface area contributed by atoms with E-state index >= 15 is 0 Å². The Labute approximate surface area is 146 Å². The van der Waals surface area contributed by atoms with Crippen molar-refractivity contribution in [3.8, 4) is 0 Å². The van der Waals surface area contributed by atoms with Crippen LogP contribution in [0, 0.1) is 0 Å². The largest absolute Gasteiger partial charge is 0.390 e. The van der Waals surface area contributed by atoms with Crippen molar-refractivity contribution in [3.63, 3.8) is 0 Å². The molecule has 1 aliphatic rings. The molecule has 2 heterocycles. The second kappa shape index (κ2) is 7.13. The first-order chi connectivity index (χ1) is 12.0. The summed E-state index contributed by atoms with van der Waals surface area (Å²) in [6.45, 7) is 2.34. The summed E-state index contributed by atoms with van der Waals surface area (Å²) in [6, 6.07) is 10.6. The predicted octanol–water partition coefficient (Wildman–Crippen LogP) is 1.73. The molecule has 0 fully saturated rings. The molecule has 2 amide bonds. The smallest absolute Gasteiger partial charge is 0.261 e. The summed E-state index contributed by atoms with van der Waals surface area (Å²) in [5.74, 6) is -0.690. The molecular formula is C19H21N3O3. The van der Waals surface area contributed by atoms with Crippen molar-refractivity contribution in [2.45, 2.75) is 19.1 Å². The maximum Gasteiger partial charge on any atom is 0.261 e. The highest BCUT2D eigenvalue weighted by atomic mass is 16.3. The van der Waals surface area contributed by atoms with E-state index in [-0.39, 0.29) is 24.4 Å². The standard InChI is InChI=1S/C19H21N3O3/c1-13(14-6-5-9-20-10-14)21(2)11-15(23)12-22-18(24)16-7-3-4-8-17(16)19(22)25/h3-10,13,15,23H,11-12H2,1-2H3/t13-,15-/m1/s1. The summed E-state index contributed by atoms with van der Waals surface area (Å²) in [5, 5.41) is 10.4. The van der Waals surface area contributed by atoms with Gasteiger partial charge in [-0.05, 0) is 37.7 Å². The monoisotopic (exact) mass is 339 g/mol. The highest BCUT2D eigenvalue weighted by molar-refractivity contribution is 6.21. The summed E-state index contributed by atoms with van der Waals surface area (Å²) in [5.41, 5.74) is 1.84. The number of nitrogens with zero attached hydrogens (tertiary/aromatic N) is 3. The Morgan fingerprint density at radius 2 is 1.76 bits per heavy atom. The number of rotatable bonds is 6. The second-order valence-electron chi connectivity index (χ2n) is 6.32. The number of fused-ring (bicyclic) bond motifs is 1. The van der Waals surface area contributed by atoms with Gasteiger partial charge < -0.3 is 5.11 Å². The fraction of sp³-hybridized carbons (Fsp3) is 0.316. The zero-order valence-corrected chi connectivity index (χ0v) is 14.3. The molecule has 0 radical (unpaired) electrons. The topological polar surface area (TPSA) is 73.7 Å². The van der Waals surface area contributed by atoms with Crippen molar-refractivity contribution in [2.24, 2.45) is 0 Å². The lowest BCUT2D eigenvalue weighted by Gasteiger charge is -2.28. The highest BCUT2D eigenvalue weighted by Crippen LogP contribution is 2.23. The van der Waals surface area contributed by atoms with Gasteiger partial charge in [0.05, 0.1) is 23.8 Å². The quantitative estimate of drug-likeness (QED) is 0.812. The molecule has 1 aliphatic heterocycles. The van der Waals surface area contributed by atoms with Gasteiger partial charge in [0.1, 0.15) is 0 Å². The molecule has 0 aliphatic carbocycles. The van der Waals surface area contributed by atoms with E-state index < -0.39 is 6.10 Å². The van der Waals surface area contributed by atoms with Crippen molar-refractivity contribution in [3.05, 3.63) is 65.5 Å². The van der Waals surface area contributed by atoms with Gasteiger partial charge in [-0.1, -0.05) is 18.2 Å². The van der Waals surface area contributed by atoms with Crippen molar-refractivity contribution < 1.29 is 14.7 Å². The van der Waals surface area contributed by atoms with Gasteiger partial charge in [-0.15, -0.1) is 0 Å². The minimum atomic E-state index is -0.827. The third-order valence-corrected chi connectivity index (χ3v) is 4.60. The Morgan fingerprint density at radius 3 is 2.32 bits per heavy atom. The maximum absolute atomic E-state index is 12.4. The molecule has 25 heavy (non-hydrogen) atoms. The van der Waals surface area contributed by atoms with Crippen molar-refractivity contribution in [1.82, 2.24) is 14.8 Å². The van der Waals surface area contributed by atoms with Crippen LogP contribution in [-0.4, -0.2) is 57.9 Å². The van der Waals surface area contributed by atoms with Crippen LogP contribution in [0.4, 0.5) is 0 Å². The molecule has 6 heteroatoms. The molecule has 2 aromatic rings. The fourth-order valence-electron chi connectivity index (χ4n) is 3.04.